The molecule has 0 aliphatic carbocycles. The third kappa shape index (κ3) is 4.59. The summed E-state index contributed by atoms with van der Waals surface area (Å²) in [5.41, 5.74) is 2.58. The first-order chi connectivity index (χ1) is 17.3. The van der Waals surface area contributed by atoms with E-state index in [1.54, 1.807) is 30.5 Å². The molecule has 3 heterocycles. The van der Waals surface area contributed by atoms with E-state index >= 15 is 0 Å². The number of piperazine rings is 1. The minimum atomic E-state index is -4.46. The zero-order valence-corrected chi connectivity index (χ0v) is 19.4. The predicted molar refractivity (Wildman–Crippen MR) is 129 cm³/mol. The topological polar surface area (TPSA) is 72.3 Å². The lowest BCUT2D eigenvalue weighted by Crippen LogP contribution is -2.61. The van der Waals surface area contributed by atoms with Crippen LogP contribution >= 0.6 is 0 Å². The summed E-state index contributed by atoms with van der Waals surface area (Å²) in [5, 5.41) is 12.5. The fraction of sp³-hybridized carbons (Fsp3) is 0.296. The zero-order chi connectivity index (χ0) is 25.3. The fourth-order valence-electron chi connectivity index (χ4n) is 5.17. The van der Waals surface area contributed by atoms with Crippen molar-refractivity contribution in [2.75, 3.05) is 29.4 Å². The Kier molecular flexibility index (Phi) is 6.27. The molecule has 0 saturated carbocycles. The Bertz CT molecular complexity index is 1300. The van der Waals surface area contributed by atoms with E-state index in [4.69, 9.17) is 0 Å². The van der Waals surface area contributed by atoms with Crippen LogP contribution in [0, 0.1) is 17.2 Å². The molecular weight excluding hydrogens is 467 g/mol. The standard InChI is InChI=1S/C27H24F3N5O/c28-27(29,30)20-8-9-24-19(13-20)14-22(26(36)33-16-21-6-3-4-10-32-21)25-17-34(11-12-35(24)25)23-7-2-1-5-18(23)15-31/h1-10,13,22,25H,11-12,14,16-17H2,(H,33,36)/t22-,25+/m1/s1. The number of amides is 1. The number of aromatic nitrogens is 1. The van der Waals surface area contributed by atoms with Gasteiger partial charge in [-0.2, -0.15) is 18.4 Å². The molecule has 36 heavy (non-hydrogen) atoms. The van der Waals surface area contributed by atoms with Crippen molar-refractivity contribution in [1.82, 2.24) is 10.3 Å². The quantitative estimate of drug-likeness (QED) is 0.594. The van der Waals surface area contributed by atoms with Crippen LogP contribution in [0.25, 0.3) is 0 Å². The Morgan fingerprint density at radius 3 is 2.64 bits per heavy atom. The maximum Gasteiger partial charge on any atom is 0.416 e. The van der Waals surface area contributed by atoms with Crippen molar-refractivity contribution in [3.63, 3.8) is 0 Å². The second-order valence-electron chi connectivity index (χ2n) is 9.03. The lowest BCUT2D eigenvalue weighted by atomic mass is 9.82. The molecule has 2 aliphatic heterocycles. The van der Waals surface area contributed by atoms with Crippen molar-refractivity contribution in [2.45, 2.75) is 25.2 Å². The number of pyridine rings is 1. The normalized spacial score (nSPS) is 19.2. The van der Waals surface area contributed by atoms with Gasteiger partial charge in [-0.15, -0.1) is 0 Å². The minimum absolute atomic E-state index is 0.197. The molecule has 0 unspecified atom stereocenters. The van der Waals surface area contributed by atoms with Crippen molar-refractivity contribution < 1.29 is 18.0 Å². The Morgan fingerprint density at radius 2 is 1.89 bits per heavy atom. The summed E-state index contributed by atoms with van der Waals surface area (Å²) in [4.78, 5) is 21.8. The molecule has 1 saturated heterocycles. The van der Waals surface area contributed by atoms with Crippen molar-refractivity contribution in [1.29, 1.82) is 5.26 Å². The number of rotatable bonds is 4. The molecule has 1 fully saturated rings. The van der Waals surface area contributed by atoms with Crippen LogP contribution in [0.1, 0.15) is 22.4 Å². The van der Waals surface area contributed by atoms with Crippen molar-refractivity contribution >= 4 is 17.3 Å². The number of para-hydroxylation sites is 1. The second-order valence-corrected chi connectivity index (χ2v) is 9.03. The third-order valence-corrected chi connectivity index (χ3v) is 6.91. The van der Waals surface area contributed by atoms with Gasteiger partial charge in [-0.3, -0.25) is 9.78 Å². The van der Waals surface area contributed by atoms with E-state index in [2.05, 4.69) is 26.2 Å². The summed E-state index contributed by atoms with van der Waals surface area (Å²) < 4.78 is 40.3. The second kappa shape index (κ2) is 9.53. The van der Waals surface area contributed by atoms with Gasteiger partial charge in [-0.1, -0.05) is 18.2 Å². The number of nitrogens with one attached hydrogen (secondary N) is 1. The molecule has 0 radical (unpaired) electrons. The molecule has 3 aromatic rings. The van der Waals surface area contributed by atoms with Gasteiger partial charge in [-0.05, 0) is 54.4 Å². The van der Waals surface area contributed by atoms with E-state index < -0.39 is 17.7 Å². The number of carbonyl (C=O) groups is 1. The SMILES string of the molecule is N#Cc1ccccc1N1CCN2c3ccc(C(F)(F)F)cc3C[C@@H](C(=O)NCc3ccccn3)[C@@H]2C1. The van der Waals surface area contributed by atoms with Gasteiger partial charge < -0.3 is 15.1 Å². The smallest absolute Gasteiger partial charge is 0.367 e. The highest BCUT2D eigenvalue weighted by Gasteiger charge is 2.43. The van der Waals surface area contributed by atoms with Crippen LogP contribution in [0.3, 0.4) is 0 Å². The maximum atomic E-state index is 13.4. The number of alkyl halides is 3. The average Bonchev–Trinajstić information content (AvgIpc) is 2.90. The van der Waals surface area contributed by atoms with E-state index in [1.165, 1.54) is 12.1 Å². The number of carbonyl (C=O) groups excluding carboxylic acids is 1. The lowest BCUT2D eigenvalue weighted by molar-refractivity contribution is -0.137. The van der Waals surface area contributed by atoms with E-state index in [0.717, 1.165) is 17.4 Å². The summed E-state index contributed by atoms with van der Waals surface area (Å²) in [5.74, 6) is -0.795. The third-order valence-electron chi connectivity index (χ3n) is 6.91. The van der Waals surface area contributed by atoms with Crippen molar-refractivity contribution in [3.05, 3.63) is 89.2 Å². The Hall–Kier alpha value is -4.06. The van der Waals surface area contributed by atoms with Gasteiger partial charge >= 0.3 is 6.18 Å². The molecule has 2 atom stereocenters. The zero-order valence-electron chi connectivity index (χ0n) is 19.4. The molecule has 2 aromatic carbocycles. The Labute approximate surface area is 207 Å². The predicted octanol–water partition coefficient (Wildman–Crippen LogP) is 4.16. The summed E-state index contributed by atoms with van der Waals surface area (Å²) in [6.45, 7) is 1.81. The molecule has 1 aromatic heterocycles. The summed E-state index contributed by atoms with van der Waals surface area (Å²) in [6, 6.07) is 18.5. The van der Waals surface area contributed by atoms with Crippen molar-refractivity contribution in [2.24, 2.45) is 5.92 Å². The number of fused-ring (bicyclic) bond motifs is 3. The summed E-state index contributed by atoms with van der Waals surface area (Å²) >= 11 is 0. The largest absolute Gasteiger partial charge is 0.416 e. The van der Waals surface area contributed by atoms with Gasteiger partial charge in [0.1, 0.15) is 6.07 Å². The molecule has 2 aliphatic rings. The molecule has 5 rings (SSSR count). The number of anilines is 2. The monoisotopic (exact) mass is 491 g/mol. The first-order valence-corrected chi connectivity index (χ1v) is 11.7. The van der Waals surface area contributed by atoms with Gasteiger partial charge in [0.15, 0.2) is 0 Å². The van der Waals surface area contributed by atoms with Gasteiger partial charge in [-0.25, -0.2) is 0 Å². The van der Waals surface area contributed by atoms with Crippen molar-refractivity contribution in [3.8, 4) is 6.07 Å². The first-order valence-electron chi connectivity index (χ1n) is 11.7. The van der Waals surface area contributed by atoms with E-state index in [9.17, 15) is 23.2 Å². The molecule has 0 spiro atoms. The molecular formula is C27H24F3N5O. The van der Waals surface area contributed by atoms with E-state index in [1.807, 2.05) is 18.2 Å². The van der Waals surface area contributed by atoms with Crippen LogP contribution in [0.5, 0.6) is 0 Å². The Morgan fingerprint density at radius 1 is 1.08 bits per heavy atom. The molecule has 1 amide bonds. The van der Waals surface area contributed by atoms with Crippen LogP contribution in [0.4, 0.5) is 24.5 Å². The number of nitrogens with zero attached hydrogens (tertiary/aromatic N) is 4. The highest BCUT2D eigenvalue weighted by molar-refractivity contribution is 5.82. The molecule has 1 N–H and O–H groups in total. The van der Waals surface area contributed by atoms with Crippen LogP contribution in [0.2, 0.25) is 0 Å². The van der Waals surface area contributed by atoms with Crippen LogP contribution in [0.15, 0.2) is 66.9 Å². The van der Waals surface area contributed by atoms with Crippen LogP contribution < -0.4 is 15.1 Å². The van der Waals surface area contributed by atoms with Gasteiger partial charge in [0.05, 0.1) is 41.0 Å². The first kappa shape index (κ1) is 23.7. The van der Waals surface area contributed by atoms with E-state index in [0.29, 0.717) is 36.5 Å². The number of hydrogen-bond acceptors (Lipinski definition) is 5. The number of hydrogen-bond donors (Lipinski definition) is 1. The summed E-state index contributed by atoms with van der Waals surface area (Å²) in [6.07, 6.45) is -2.62. The van der Waals surface area contributed by atoms with E-state index in [-0.39, 0.29) is 24.9 Å². The van der Waals surface area contributed by atoms with Crippen LogP contribution in [-0.2, 0) is 23.9 Å². The molecule has 9 heteroatoms. The summed E-state index contributed by atoms with van der Waals surface area (Å²) in [7, 11) is 0. The lowest BCUT2D eigenvalue weighted by Gasteiger charge is -2.49. The maximum absolute atomic E-state index is 13.4. The highest BCUT2D eigenvalue weighted by Crippen LogP contribution is 2.40. The molecule has 184 valence electrons. The highest BCUT2D eigenvalue weighted by atomic mass is 19.4. The Balaban J connectivity index is 1.46. The van der Waals surface area contributed by atoms with Gasteiger partial charge in [0.25, 0.3) is 0 Å². The van der Waals surface area contributed by atoms with Gasteiger partial charge in [0, 0.05) is 31.5 Å². The fourth-order valence-corrected chi connectivity index (χ4v) is 5.17. The minimum Gasteiger partial charge on any atom is -0.367 e. The van der Waals surface area contributed by atoms with Crippen LogP contribution in [-0.4, -0.2) is 36.6 Å². The molecule has 0 bridgehead atoms. The number of nitriles is 1. The average molecular weight is 492 g/mol. The van der Waals surface area contributed by atoms with Gasteiger partial charge in [0.2, 0.25) is 5.91 Å². The number of halogens is 3. The number of benzene rings is 2. The molecule has 6 nitrogen and oxygen atoms in total.